The maximum Gasteiger partial charge on any atom is 0.334 e. The van der Waals surface area contributed by atoms with Crippen molar-refractivity contribution >= 4 is 11.7 Å². The van der Waals surface area contributed by atoms with Gasteiger partial charge in [0.15, 0.2) is 0 Å². The number of nitro groups is 1. The van der Waals surface area contributed by atoms with Gasteiger partial charge in [-0.15, -0.1) is 5.10 Å². The van der Waals surface area contributed by atoms with Crippen LogP contribution in [0.4, 0.5) is 5.69 Å². The van der Waals surface area contributed by atoms with Crippen molar-refractivity contribution in [3.8, 4) is 0 Å². The Morgan fingerprint density at radius 3 is 3.00 bits per heavy atom. The van der Waals surface area contributed by atoms with Gasteiger partial charge in [-0.1, -0.05) is 11.8 Å². The van der Waals surface area contributed by atoms with Gasteiger partial charge in [0.25, 0.3) is 0 Å². The fourth-order valence-electron chi connectivity index (χ4n) is 0.609. The van der Waals surface area contributed by atoms with Gasteiger partial charge in [0.1, 0.15) is 12.4 Å². The topological polar surface area (TPSA) is 87.3 Å². The van der Waals surface area contributed by atoms with E-state index in [0.717, 1.165) is 17.2 Å². The molecule has 0 N–H and O–H groups in total. The number of carbonyl (C=O) groups is 1. The SMILES string of the molecule is CCC(=O)On1cc([N+](=O)[O-])cn1. The van der Waals surface area contributed by atoms with Gasteiger partial charge >= 0.3 is 11.7 Å². The number of hydrogen-bond donors (Lipinski definition) is 0. The molecule has 0 atom stereocenters. The number of nitrogens with zero attached hydrogens (tertiary/aromatic N) is 3. The largest absolute Gasteiger partial charge is 0.334 e. The summed E-state index contributed by atoms with van der Waals surface area (Å²) in [6.07, 6.45) is 2.21. The molecule has 7 heteroatoms. The first kappa shape index (κ1) is 9.17. The van der Waals surface area contributed by atoms with E-state index in [0.29, 0.717) is 0 Å². The number of carbonyl (C=O) groups excluding carboxylic acids is 1. The van der Waals surface area contributed by atoms with Gasteiger partial charge in [-0.2, -0.15) is 0 Å². The summed E-state index contributed by atoms with van der Waals surface area (Å²) in [5, 5.41) is 13.6. The summed E-state index contributed by atoms with van der Waals surface area (Å²) >= 11 is 0. The maximum absolute atomic E-state index is 10.7. The van der Waals surface area contributed by atoms with Gasteiger partial charge in [-0.25, -0.2) is 4.79 Å². The summed E-state index contributed by atoms with van der Waals surface area (Å²) in [6.45, 7) is 1.61. The van der Waals surface area contributed by atoms with Crippen LogP contribution in [-0.2, 0) is 4.79 Å². The summed E-state index contributed by atoms with van der Waals surface area (Å²) in [5.74, 6) is -0.502. The summed E-state index contributed by atoms with van der Waals surface area (Å²) < 4.78 is 0. The van der Waals surface area contributed by atoms with Gasteiger partial charge < -0.3 is 4.84 Å². The lowest BCUT2D eigenvalue weighted by Crippen LogP contribution is -2.18. The average Bonchev–Trinajstić information content (AvgIpc) is 2.52. The molecule has 7 nitrogen and oxygen atoms in total. The van der Waals surface area contributed by atoms with Crippen LogP contribution in [0.3, 0.4) is 0 Å². The molecule has 1 rings (SSSR count). The second-order valence-electron chi connectivity index (χ2n) is 2.18. The Hall–Kier alpha value is -1.92. The molecule has 0 aliphatic carbocycles. The molecule has 0 bridgehead atoms. The number of rotatable bonds is 3. The van der Waals surface area contributed by atoms with Crippen LogP contribution in [0.2, 0.25) is 0 Å². The van der Waals surface area contributed by atoms with Gasteiger partial charge in [-0.05, 0) is 0 Å². The van der Waals surface area contributed by atoms with Crippen molar-refractivity contribution in [3.05, 3.63) is 22.5 Å². The van der Waals surface area contributed by atoms with Crippen molar-refractivity contribution in [2.75, 3.05) is 0 Å². The van der Waals surface area contributed by atoms with Gasteiger partial charge in [0.2, 0.25) is 0 Å². The molecule has 0 fully saturated rings. The Morgan fingerprint density at radius 1 is 1.85 bits per heavy atom. The van der Waals surface area contributed by atoms with Crippen LogP contribution in [0.1, 0.15) is 13.3 Å². The third kappa shape index (κ3) is 2.26. The lowest BCUT2D eigenvalue weighted by atomic mass is 10.5. The molecule has 0 saturated carbocycles. The zero-order chi connectivity index (χ0) is 9.84. The lowest BCUT2D eigenvalue weighted by Gasteiger charge is -1.97. The fraction of sp³-hybridized carbons (Fsp3) is 0.333. The zero-order valence-electron chi connectivity index (χ0n) is 6.84. The first-order chi connectivity index (χ1) is 6.13. The van der Waals surface area contributed by atoms with Gasteiger partial charge in [0, 0.05) is 6.42 Å². The third-order valence-corrected chi connectivity index (χ3v) is 1.24. The van der Waals surface area contributed by atoms with Crippen molar-refractivity contribution in [2.45, 2.75) is 13.3 Å². The normalized spacial score (nSPS) is 9.62. The molecule has 70 valence electrons. The first-order valence-corrected chi connectivity index (χ1v) is 3.53. The molecule has 0 aromatic carbocycles. The van der Waals surface area contributed by atoms with E-state index in [4.69, 9.17) is 0 Å². The molecule has 0 aliphatic heterocycles. The molecular formula is C6H7N3O4. The smallest absolute Gasteiger partial charge is 0.319 e. The highest BCUT2D eigenvalue weighted by Gasteiger charge is 2.10. The molecule has 1 aromatic rings. The third-order valence-electron chi connectivity index (χ3n) is 1.24. The average molecular weight is 185 g/mol. The van der Waals surface area contributed by atoms with E-state index in [2.05, 4.69) is 9.94 Å². The van der Waals surface area contributed by atoms with E-state index < -0.39 is 10.9 Å². The van der Waals surface area contributed by atoms with E-state index in [1.807, 2.05) is 0 Å². The Bertz CT molecular complexity index is 332. The van der Waals surface area contributed by atoms with Crippen LogP contribution in [0.25, 0.3) is 0 Å². The minimum Gasteiger partial charge on any atom is -0.319 e. The van der Waals surface area contributed by atoms with E-state index in [9.17, 15) is 14.9 Å². The monoisotopic (exact) mass is 185 g/mol. The van der Waals surface area contributed by atoms with Gasteiger partial charge in [-0.3, -0.25) is 10.1 Å². The van der Waals surface area contributed by atoms with E-state index in [-0.39, 0.29) is 12.1 Å². The Labute approximate surface area is 73.0 Å². The summed E-state index contributed by atoms with van der Waals surface area (Å²) in [7, 11) is 0. The van der Waals surface area contributed by atoms with Crippen molar-refractivity contribution < 1.29 is 14.6 Å². The quantitative estimate of drug-likeness (QED) is 0.494. The van der Waals surface area contributed by atoms with Crippen LogP contribution < -0.4 is 4.84 Å². The van der Waals surface area contributed by atoms with Crippen molar-refractivity contribution in [2.24, 2.45) is 0 Å². The standard InChI is InChI=1S/C6H7N3O4/c1-2-6(10)13-8-4-5(3-7-8)9(11)12/h3-4H,2H2,1H3. The predicted molar refractivity (Wildman–Crippen MR) is 40.8 cm³/mol. The fourth-order valence-corrected chi connectivity index (χ4v) is 0.609. The summed E-state index contributed by atoms with van der Waals surface area (Å²) in [6, 6.07) is 0. The van der Waals surface area contributed by atoms with E-state index in [1.54, 1.807) is 6.92 Å². The first-order valence-electron chi connectivity index (χ1n) is 3.53. The van der Waals surface area contributed by atoms with E-state index >= 15 is 0 Å². The van der Waals surface area contributed by atoms with Crippen molar-refractivity contribution in [3.63, 3.8) is 0 Å². The zero-order valence-corrected chi connectivity index (χ0v) is 6.84. The minimum absolute atomic E-state index is 0.188. The molecule has 0 aliphatic rings. The number of hydrogen-bond acceptors (Lipinski definition) is 5. The molecular weight excluding hydrogens is 178 g/mol. The second-order valence-corrected chi connectivity index (χ2v) is 2.18. The highest BCUT2D eigenvalue weighted by molar-refractivity contribution is 5.69. The molecule has 0 saturated heterocycles. The summed E-state index contributed by atoms with van der Waals surface area (Å²) in [5.41, 5.74) is -0.219. The predicted octanol–water partition coefficient (Wildman–Crippen LogP) is 0.156. The van der Waals surface area contributed by atoms with E-state index in [1.165, 1.54) is 0 Å². The second kappa shape index (κ2) is 3.65. The molecule has 1 aromatic heterocycles. The van der Waals surface area contributed by atoms with Gasteiger partial charge in [0.05, 0.1) is 4.92 Å². The van der Waals surface area contributed by atoms with Crippen LogP contribution >= 0.6 is 0 Å². The molecule has 0 unspecified atom stereocenters. The van der Waals surface area contributed by atoms with Crippen molar-refractivity contribution in [1.82, 2.24) is 9.94 Å². The molecule has 0 amide bonds. The molecule has 0 radical (unpaired) electrons. The number of aromatic nitrogens is 2. The molecule has 13 heavy (non-hydrogen) atoms. The van der Waals surface area contributed by atoms with Crippen molar-refractivity contribution in [1.29, 1.82) is 0 Å². The maximum atomic E-state index is 10.7. The minimum atomic E-state index is -0.622. The Balaban J connectivity index is 2.69. The van der Waals surface area contributed by atoms with Crippen LogP contribution in [0.5, 0.6) is 0 Å². The van der Waals surface area contributed by atoms with Crippen LogP contribution in [0, 0.1) is 10.1 Å². The summed E-state index contributed by atoms with van der Waals surface area (Å²) in [4.78, 5) is 25.6. The Morgan fingerprint density at radius 2 is 2.54 bits per heavy atom. The lowest BCUT2D eigenvalue weighted by molar-refractivity contribution is -0.385. The Kier molecular flexibility index (Phi) is 2.58. The molecule has 0 spiro atoms. The van der Waals surface area contributed by atoms with Crippen LogP contribution in [0.15, 0.2) is 12.4 Å². The highest BCUT2D eigenvalue weighted by Crippen LogP contribution is 2.06. The van der Waals surface area contributed by atoms with Crippen LogP contribution in [-0.4, -0.2) is 20.8 Å². The molecule has 1 heterocycles. The highest BCUT2D eigenvalue weighted by atomic mass is 16.7.